The average molecular weight is 343 g/mol. The third-order valence-electron chi connectivity index (χ3n) is 4.42. The summed E-state index contributed by atoms with van der Waals surface area (Å²) >= 11 is 0. The number of para-hydroxylation sites is 1. The molecule has 0 spiro atoms. The van der Waals surface area contributed by atoms with Crippen molar-refractivity contribution in [2.24, 2.45) is 0 Å². The van der Waals surface area contributed by atoms with E-state index in [4.69, 9.17) is 0 Å². The molecule has 0 saturated carbocycles. The molecule has 0 heterocycles. The highest BCUT2D eigenvalue weighted by atomic mass is 32.2. The summed E-state index contributed by atoms with van der Waals surface area (Å²) in [5.41, 5.74) is 2.71. The Balaban J connectivity index is 1.66. The minimum absolute atomic E-state index is 0.0180. The minimum atomic E-state index is -3.34. The molecule has 5 heteroatoms. The molecular weight excluding hydrogens is 322 g/mol. The van der Waals surface area contributed by atoms with E-state index in [2.05, 4.69) is 5.32 Å². The Hall–Kier alpha value is -2.14. The van der Waals surface area contributed by atoms with E-state index in [0.717, 1.165) is 24.0 Å². The summed E-state index contributed by atoms with van der Waals surface area (Å²) in [6.45, 7) is 0. The molecule has 126 valence electrons. The van der Waals surface area contributed by atoms with Crippen LogP contribution < -0.4 is 5.32 Å². The third-order valence-corrected chi connectivity index (χ3v) is 6.55. The first-order valence-corrected chi connectivity index (χ1v) is 9.92. The summed E-state index contributed by atoms with van der Waals surface area (Å²) in [5.74, 6) is -0.390. The molecule has 0 radical (unpaired) electrons. The maximum atomic E-state index is 12.7. The number of amides is 1. The number of rotatable bonds is 5. The number of anilines is 1. The molecule has 2 aromatic carbocycles. The van der Waals surface area contributed by atoms with Crippen LogP contribution in [-0.4, -0.2) is 20.1 Å². The molecule has 0 aliphatic heterocycles. The Labute approximate surface area is 142 Å². The van der Waals surface area contributed by atoms with Crippen LogP contribution in [0.15, 0.2) is 54.6 Å². The molecule has 3 rings (SSSR count). The van der Waals surface area contributed by atoms with Crippen molar-refractivity contribution in [3.05, 3.63) is 65.7 Å². The number of benzene rings is 2. The SMILES string of the molecule is O=C(CCS(=O)(=O)[C@@H]1CCCc2ccccc21)Nc1ccccc1. The Morgan fingerprint density at radius 3 is 2.54 bits per heavy atom. The fraction of sp³-hybridized carbons (Fsp3) is 0.316. The van der Waals surface area contributed by atoms with Gasteiger partial charge < -0.3 is 5.32 Å². The van der Waals surface area contributed by atoms with Crippen molar-refractivity contribution < 1.29 is 13.2 Å². The maximum Gasteiger partial charge on any atom is 0.225 e. The number of nitrogens with one attached hydrogen (secondary N) is 1. The minimum Gasteiger partial charge on any atom is -0.326 e. The van der Waals surface area contributed by atoms with Gasteiger partial charge in [-0.15, -0.1) is 0 Å². The highest BCUT2D eigenvalue weighted by Gasteiger charge is 2.31. The number of hydrogen-bond acceptors (Lipinski definition) is 3. The molecule has 0 unspecified atom stereocenters. The fourth-order valence-corrected chi connectivity index (χ4v) is 5.10. The van der Waals surface area contributed by atoms with Gasteiger partial charge in [-0.25, -0.2) is 8.42 Å². The van der Waals surface area contributed by atoms with Crippen molar-refractivity contribution in [1.29, 1.82) is 0 Å². The molecule has 0 saturated heterocycles. The molecule has 0 aromatic heterocycles. The van der Waals surface area contributed by atoms with E-state index in [1.54, 1.807) is 12.1 Å². The number of fused-ring (bicyclic) bond motifs is 1. The van der Waals surface area contributed by atoms with E-state index >= 15 is 0 Å². The van der Waals surface area contributed by atoms with Crippen LogP contribution in [0, 0.1) is 0 Å². The lowest BCUT2D eigenvalue weighted by Gasteiger charge is -2.25. The van der Waals surface area contributed by atoms with Crippen molar-refractivity contribution in [3.63, 3.8) is 0 Å². The van der Waals surface area contributed by atoms with Crippen LogP contribution in [0.2, 0.25) is 0 Å². The fourth-order valence-electron chi connectivity index (χ4n) is 3.20. The molecule has 1 aliphatic rings. The van der Waals surface area contributed by atoms with Gasteiger partial charge in [0.25, 0.3) is 0 Å². The molecule has 1 aliphatic carbocycles. The zero-order chi connectivity index (χ0) is 17.0. The summed E-state index contributed by atoms with van der Waals surface area (Å²) < 4.78 is 25.5. The van der Waals surface area contributed by atoms with E-state index in [-0.39, 0.29) is 18.1 Å². The summed E-state index contributed by atoms with van der Waals surface area (Å²) in [6, 6.07) is 16.8. The van der Waals surface area contributed by atoms with Crippen LogP contribution in [0.4, 0.5) is 5.69 Å². The zero-order valence-corrected chi connectivity index (χ0v) is 14.3. The summed E-state index contributed by atoms with van der Waals surface area (Å²) in [5, 5.41) is 2.25. The normalized spacial score (nSPS) is 17.1. The summed E-state index contributed by atoms with van der Waals surface area (Å²) in [7, 11) is -3.34. The van der Waals surface area contributed by atoms with Gasteiger partial charge in [0.2, 0.25) is 5.91 Å². The van der Waals surface area contributed by atoms with Gasteiger partial charge in [0.15, 0.2) is 9.84 Å². The maximum absolute atomic E-state index is 12.7. The van der Waals surface area contributed by atoms with Gasteiger partial charge in [0, 0.05) is 12.1 Å². The summed E-state index contributed by atoms with van der Waals surface area (Å²) in [6.07, 6.45) is 2.42. The lowest BCUT2D eigenvalue weighted by Crippen LogP contribution is -2.24. The van der Waals surface area contributed by atoms with Gasteiger partial charge in [-0.2, -0.15) is 0 Å². The van der Waals surface area contributed by atoms with Crippen LogP contribution >= 0.6 is 0 Å². The van der Waals surface area contributed by atoms with Crippen molar-refractivity contribution in [1.82, 2.24) is 0 Å². The lowest BCUT2D eigenvalue weighted by atomic mass is 9.91. The highest BCUT2D eigenvalue weighted by Crippen LogP contribution is 2.36. The van der Waals surface area contributed by atoms with E-state index in [0.29, 0.717) is 12.1 Å². The first-order chi connectivity index (χ1) is 11.6. The molecule has 1 amide bonds. The Kier molecular flexibility index (Phi) is 5.00. The first-order valence-electron chi connectivity index (χ1n) is 8.20. The average Bonchev–Trinajstić information content (AvgIpc) is 2.60. The first kappa shape index (κ1) is 16.7. The second kappa shape index (κ2) is 7.18. The van der Waals surface area contributed by atoms with Crippen molar-refractivity contribution >= 4 is 21.4 Å². The van der Waals surface area contributed by atoms with Crippen LogP contribution in [-0.2, 0) is 21.1 Å². The van der Waals surface area contributed by atoms with Gasteiger partial charge in [-0.05, 0) is 42.5 Å². The van der Waals surface area contributed by atoms with Crippen LogP contribution in [0.25, 0.3) is 0 Å². The Morgan fingerprint density at radius 1 is 1.04 bits per heavy atom. The second-order valence-electron chi connectivity index (χ2n) is 6.11. The quantitative estimate of drug-likeness (QED) is 0.903. The molecule has 4 nitrogen and oxygen atoms in total. The van der Waals surface area contributed by atoms with Crippen molar-refractivity contribution in [2.45, 2.75) is 30.9 Å². The smallest absolute Gasteiger partial charge is 0.225 e. The number of hydrogen-bond donors (Lipinski definition) is 1. The second-order valence-corrected chi connectivity index (χ2v) is 8.41. The summed E-state index contributed by atoms with van der Waals surface area (Å²) in [4.78, 5) is 12.0. The largest absolute Gasteiger partial charge is 0.326 e. The van der Waals surface area contributed by atoms with E-state index in [1.807, 2.05) is 42.5 Å². The van der Waals surface area contributed by atoms with E-state index < -0.39 is 15.1 Å². The van der Waals surface area contributed by atoms with Crippen molar-refractivity contribution in [2.75, 3.05) is 11.1 Å². The number of aryl methyl sites for hydroxylation is 1. The zero-order valence-electron chi connectivity index (χ0n) is 13.4. The van der Waals surface area contributed by atoms with Gasteiger partial charge in [0.05, 0.1) is 11.0 Å². The number of sulfone groups is 1. The predicted molar refractivity (Wildman–Crippen MR) is 95.6 cm³/mol. The van der Waals surface area contributed by atoms with Crippen LogP contribution in [0.1, 0.15) is 35.6 Å². The molecule has 0 fully saturated rings. The Bertz CT molecular complexity index is 816. The van der Waals surface area contributed by atoms with Crippen LogP contribution in [0.3, 0.4) is 0 Å². The molecule has 24 heavy (non-hydrogen) atoms. The lowest BCUT2D eigenvalue weighted by molar-refractivity contribution is -0.115. The van der Waals surface area contributed by atoms with Gasteiger partial charge >= 0.3 is 0 Å². The number of carbonyl (C=O) groups excluding carboxylic acids is 1. The molecule has 2 aromatic rings. The number of carbonyl (C=O) groups is 1. The van der Waals surface area contributed by atoms with Gasteiger partial charge in [-0.3, -0.25) is 4.79 Å². The topological polar surface area (TPSA) is 63.2 Å². The van der Waals surface area contributed by atoms with Gasteiger partial charge in [-0.1, -0.05) is 42.5 Å². The molecule has 0 bridgehead atoms. The Morgan fingerprint density at radius 2 is 1.75 bits per heavy atom. The molecule has 1 atom stereocenters. The molecule has 1 N–H and O–H groups in total. The molecular formula is C19H21NO3S. The monoisotopic (exact) mass is 343 g/mol. The van der Waals surface area contributed by atoms with E-state index in [1.165, 1.54) is 0 Å². The van der Waals surface area contributed by atoms with Gasteiger partial charge in [0.1, 0.15) is 0 Å². The predicted octanol–water partition coefficient (Wildman–Crippen LogP) is 3.51. The van der Waals surface area contributed by atoms with Crippen molar-refractivity contribution in [3.8, 4) is 0 Å². The standard InChI is InChI=1S/C19H21NO3S/c21-19(20-16-9-2-1-3-10-16)13-14-24(22,23)18-12-6-8-15-7-4-5-11-17(15)18/h1-5,7,9-11,18H,6,8,12-14H2,(H,20,21)/t18-/m1/s1. The van der Waals surface area contributed by atoms with Crippen LogP contribution in [0.5, 0.6) is 0 Å². The van der Waals surface area contributed by atoms with E-state index in [9.17, 15) is 13.2 Å². The third kappa shape index (κ3) is 3.85. The highest BCUT2D eigenvalue weighted by molar-refractivity contribution is 7.91.